The van der Waals surface area contributed by atoms with Crippen molar-refractivity contribution in [2.75, 3.05) is 33.0 Å². The zero-order chi connectivity index (χ0) is 11.4. The molecule has 0 unspecified atom stereocenters. The molecule has 0 aliphatic heterocycles. The van der Waals surface area contributed by atoms with Gasteiger partial charge in [0.05, 0.1) is 25.9 Å². The smallest absolute Gasteiger partial charge is 0.331 e. The van der Waals surface area contributed by atoms with E-state index >= 15 is 0 Å². The van der Waals surface area contributed by atoms with Crippen LogP contribution in [-0.2, 0) is 19.0 Å². The first-order valence-electron chi connectivity index (χ1n) is 4.69. The fraction of sp³-hybridized carbons (Fsp3) is 0.600. The molecule has 0 amide bonds. The fourth-order valence-corrected chi connectivity index (χ4v) is 0.719. The summed E-state index contributed by atoms with van der Waals surface area (Å²) in [6, 6.07) is 1.69. The lowest BCUT2D eigenvalue weighted by Gasteiger charge is -2.04. The molecule has 0 N–H and O–H groups in total. The van der Waals surface area contributed by atoms with Crippen LogP contribution < -0.4 is 0 Å². The molecule has 5 heteroatoms. The van der Waals surface area contributed by atoms with Gasteiger partial charge in [-0.05, 0) is 6.92 Å². The first-order chi connectivity index (χ1) is 7.31. The Balaban J connectivity index is 3.21. The van der Waals surface area contributed by atoms with Crippen LogP contribution in [0.4, 0.5) is 0 Å². The van der Waals surface area contributed by atoms with Gasteiger partial charge in [-0.15, -0.1) is 0 Å². The normalized spacial score (nSPS) is 10.1. The zero-order valence-corrected chi connectivity index (χ0v) is 8.77. The van der Waals surface area contributed by atoms with Crippen LogP contribution in [0, 0.1) is 11.3 Å². The number of nitrogens with zero attached hydrogens (tertiary/aromatic N) is 1. The summed E-state index contributed by atoms with van der Waals surface area (Å²) in [6.07, 6.45) is 2.14. The number of carbonyl (C=O) groups is 1. The maximum absolute atomic E-state index is 10.8. The fourth-order valence-electron chi connectivity index (χ4n) is 0.719. The van der Waals surface area contributed by atoms with E-state index in [1.165, 1.54) is 0 Å². The Morgan fingerprint density at radius 3 is 2.60 bits per heavy atom. The first-order valence-corrected chi connectivity index (χ1v) is 4.69. The summed E-state index contributed by atoms with van der Waals surface area (Å²) in [7, 11) is 0. The van der Waals surface area contributed by atoms with Crippen molar-refractivity contribution in [3.05, 3.63) is 12.2 Å². The van der Waals surface area contributed by atoms with Gasteiger partial charge >= 0.3 is 5.97 Å². The lowest BCUT2D eigenvalue weighted by molar-refractivity contribution is -0.139. The molecule has 0 spiro atoms. The molecule has 0 radical (unpaired) electrons. The molecule has 0 saturated carbocycles. The Hall–Kier alpha value is -1.38. The quantitative estimate of drug-likeness (QED) is 0.256. The van der Waals surface area contributed by atoms with Crippen LogP contribution in [0.3, 0.4) is 0 Å². The molecule has 15 heavy (non-hydrogen) atoms. The second-order valence-corrected chi connectivity index (χ2v) is 2.44. The van der Waals surface area contributed by atoms with E-state index in [2.05, 4.69) is 0 Å². The van der Waals surface area contributed by atoms with Gasteiger partial charge in [-0.25, -0.2) is 4.79 Å². The number of allylic oxidation sites excluding steroid dienone is 1. The maximum Gasteiger partial charge on any atom is 0.331 e. The molecule has 0 saturated heterocycles. The van der Waals surface area contributed by atoms with Gasteiger partial charge in [0.15, 0.2) is 0 Å². The van der Waals surface area contributed by atoms with Crippen molar-refractivity contribution < 1.29 is 19.0 Å². The molecule has 0 atom stereocenters. The highest BCUT2D eigenvalue weighted by Gasteiger charge is 1.95. The first kappa shape index (κ1) is 13.6. The van der Waals surface area contributed by atoms with Gasteiger partial charge < -0.3 is 14.2 Å². The second kappa shape index (κ2) is 10.7. The summed E-state index contributed by atoms with van der Waals surface area (Å²) in [5.41, 5.74) is 0. The lowest BCUT2D eigenvalue weighted by atomic mass is 10.5. The van der Waals surface area contributed by atoms with E-state index in [0.29, 0.717) is 26.4 Å². The van der Waals surface area contributed by atoms with Crippen molar-refractivity contribution in [2.45, 2.75) is 6.92 Å². The molecule has 0 aromatic heterocycles. The minimum absolute atomic E-state index is 0.181. The van der Waals surface area contributed by atoms with Gasteiger partial charge in [0.25, 0.3) is 0 Å². The SMILES string of the molecule is CCOCCOCCOC(=O)C=CC#N. The maximum atomic E-state index is 10.8. The van der Waals surface area contributed by atoms with E-state index < -0.39 is 5.97 Å². The number of nitriles is 1. The average molecular weight is 213 g/mol. The number of hydrogen-bond donors (Lipinski definition) is 0. The van der Waals surface area contributed by atoms with Gasteiger partial charge in [0, 0.05) is 18.8 Å². The third kappa shape index (κ3) is 10.5. The molecule has 0 aliphatic rings. The Morgan fingerprint density at radius 2 is 1.93 bits per heavy atom. The van der Waals surface area contributed by atoms with Gasteiger partial charge in [-0.1, -0.05) is 0 Å². The third-order valence-electron chi connectivity index (χ3n) is 1.34. The third-order valence-corrected chi connectivity index (χ3v) is 1.34. The Morgan fingerprint density at radius 1 is 1.27 bits per heavy atom. The van der Waals surface area contributed by atoms with Crippen LogP contribution in [0.2, 0.25) is 0 Å². The molecule has 5 nitrogen and oxygen atoms in total. The molecule has 0 fully saturated rings. The van der Waals surface area contributed by atoms with E-state index in [0.717, 1.165) is 12.2 Å². The highest BCUT2D eigenvalue weighted by atomic mass is 16.6. The predicted molar refractivity (Wildman–Crippen MR) is 53.0 cm³/mol. The Kier molecular flexibility index (Phi) is 9.71. The van der Waals surface area contributed by atoms with Crippen molar-refractivity contribution in [1.82, 2.24) is 0 Å². The van der Waals surface area contributed by atoms with Gasteiger partial charge in [0.1, 0.15) is 6.61 Å². The molecular formula is C10H15NO4. The van der Waals surface area contributed by atoms with Crippen molar-refractivity contribution in [2.24, 2.45) is 0 Å². The lowest BCUT2D eigenvalue weighted by Crippen LogP contribution is -2.11. The van der Waals surface area contributed by atoms with Crippen molar-refractivity contribution >= 4 is 5.97 Å². The Bertz CT molecular complexity index is 232. The molecule has 0 aliphatic carbocycles. The number of esters is 1. The standard InChI is InChI=1S/C10H15NO4/c1-2-13-6-7-14-8-9-15-10(12)4-3-5-11/h3-4H,2,6-9H2,1H3. The average Bonchev–Trinajstić information content (AvgIpc) is 2.25. The summed E-state index contributed by atoms with van der Waals surface area (Å²) < 4.78 is 14.8. The highest BCUT2D eigenvalue weighted by Crippen LogP contribution is 1.83. The number of carbonyl (C=O) groups excluding carboxylic acids is 1. The molecule has 84 valence electrons. The molecule has 0 aromatic rings. The van der Waals surface area contributed by atoms with Crippen LogP contribution >= 0.6 is 0 Å². The van der Waals surface area contributed by atoms with Gasteiger partial charge in [-0.2, -0.15) is 5.26 Å². The summed E-state index contributed by atoms with van der Waals surface area (Å²) in [6.45, 7) is 4.11. The minimum atomic E-state index is -0.537. The summed E-state index contributed by atoms with van der Waals surface area (Å²) in [4.78, 5) is 10.8. The summed E-state index contributed by atoms with van der Waals surface area (Å²) in [5, 5.41) is 8.12. The second-order valence-electron chi connectivity index (χ2n) is 2.44. The topological polar surface area (TPSA) is 68.6 Å². The molecule has 0 bridgehead atoms. The predicted octanol–water partition coefficient (Wildman–Crippen LogP) is 0.662. The Labute approximate surface area is 89.2 Å². The number of hydrogen-bond acceptors (Lipinski definition) is 5. The van der Waals surface area contributed by atoms with E-state index in [9.17, 15) is 4.79 Å². The van der Waals surface area contributed by atoms with Crippen LogP contribution in [0.25, 0.3) is 0 Å². The summed E-state index contributed by atoms with van der Waals surface area (Å²) in [5.74, 6) is -0.537. The van der Waals surface area contributed by atoms with Crippen LogP contribution in [-0.4, -0.2) is 39.0 Å². The minimum Gasteiger partial charge on any atom is -0.460 e. The van der Waals surface area contributed by atoms with Crippen LogP contribution in [0.15, 0.2) is 12.2 Å². The van der Waals surface area contributed by atoms with E-state index in [4.69, 9.17) is 19.5 Å². The largest absolute Gasteiger partial charge is 0.460 e. The molecular weight excluding hydrogens is 198 g/mol. The van der Waals surface area contributed by atoms with Crippen LogP contribution in [0.1, 0.15) is 6.92 Å². The van der Waals surface area contributed by atoms with Gasteiger partial charge in [-0.3, -0.25) is 0 Å². The van der Waals surface area contributed by atoms with E-state index in [-0.39, 0.29) is 6.61 Å². The van der Waals surface area contributed by atoms with Crippen molar-refractivity contribution in [3.8, 4) is 6.07 Å². The highest BCUT2D eigenvalue weighted by molar-refractivity contribution is 5.82. The van der Waals surface area contributed by atoms with E-state index in [1.807, 2.05) is 6.92 Å². The van der Waals surface area contributed by atoms with Crippen molar-refractivity contribution in [1.29, 1.82) is 5.26 Å². The monoisotopic (exact) mass is 213 g/mol. The van der Waals surface area contributed by atoms with Crippen molar-refractivity contribution in [3.63, 3.8) is 0 Å². The van der Waals surface area contributed by atoms with Gasteiger partial charge in [0.2, 0.25) is 0 Å². The van der Waals surface area contributed by atoms with Crippen LogP contribution in [0.5, 0.6) is 0 Å². The molecule has 0 aromatic carbocycles. The molecule has 0 rings (SSSR count). The zero-order valence-electron chi connectivity index (χ0n) is 8.77. The summed E-state index contributed by atoms with van der Waals surface area (Å²) >= 11 is 0. The molecule has 0 heterocycles. The number of ether oxygens (including phenoxy) is 3. The van der Waals surface area contributed by atoms with E-state index in [1.54, 1.807) is 6.07 Å². The number of rotatable bonds is 8.